The molecule has 2 aromatic rings. The summed E-state index contributed by atoms with van der Waals surface area (Å²) in [4.78, 5) is 4.12. The third-order valence-corrected chi connectivity index (χ3v) is 3.22. The summed E-state index contributed by atoms with van der Waals surface area (Å²) in [5.41, 5.74) is 4.18. The van der Waals surface area contributed by atoms with Crippen molar-refractivity contribution < 1.29 is 9.13 Å². The van der Waals surface area contributed by atoms with E-state index >= 15 is 0 Å². The number of ether oxygens (including phenoxy) is 1. The van der Waals surface area contributed by atoms with E-state index in [1.165, 1.54) is 12.1 Å². The molecule has 1 aromatic carbocycles. The van der Waals surface area contributed by atoms with Gasteiger partial charge in [0.25, 0.3) is 0 Å². The molecule has 0 aliphatic heterocycles. The molecule has 106 valence electrons. The molecule has 3 N–H and O–H groups in total. The summed E-state index contributed by atoms with van der Waals surface area (Å²) in [6.45, 7) is 2.45. The first kappa shape index (κ1) is 14.9. The van der Waals surface area contributed by atoms with Crippen LogP contribution in [0.5, 0.6) is 5.75 Å². The maximum Gasteiger partial charge on any atom is 0.137 e. The summed E-state index contributed by atoms with van der Waals surface area (Å²) in [5, 5.41) is 0. The Labute approximate surface area is 125 Å². The van der Waals surface area contributed by atoms with Crippen LogP contribution in [-0.2, 0) is 0 Å². The van der Waals surface area contributed by atoms with Crippen molar-refractivity contribution in [3.8, 4) is 5.75 Å². The number of hydrogen-bond donors (Lipinski definition) is 2. The molecule has 1 heterocycles. The lowest BCUT2D eigenvalue weighted by Gasteiger charge is -2.17. The summed E-state index contributed by atoms with van der Waals surface area (Å²) < 4.78 is 19.6. The van der Waals surface area contributed by atoms with E-state index in [2.05, 4.69) is 26.3 Å². The maximum absolute atomic E-state index is 13.5. The number of rotatable bonds is 5. The van der Waals surface area contributed by atoms with Gasteiger partial charge in [0.2, 0.25) is 0 Å². The second-order valence-electron chi connectivity index (χ2n) is 4.19. The van der Waals surface area contributed by atoms with Crippen molar-refractivity contribution >= 4 is 15.9 Å². The smallest absolute Gasteiger partial charge is 0.137 e. The van der Waals surface area contributed by atoms with E-state index in [1.54, 1.807) is 18.5 Å². The van der Waals surface area contributed by atoms with Crippen LogP contribution in [0, 0.1) is 5.82 Å². The SMILES string of the molecule is CCOc1cncc(C(NN)c2cc(F)cc(Br)c2)c1. The Bertz CT molecular complexity index is 574. The number of halogens is 2. The van der Waals surface area contributed by atoms with E-state index in [0.717, 1.165) is 5.56 Å². The van der Waals surface area contributed by atoms with Gasteiger partial charge < -0.3 is 4.74 Å². The van der Waals surface area contributed by atoms with Gasteiger partial charge in [0.1, 0.15) is 11.6 Å². The largest absolute Gasteiger partial charge is 0.492 e. The molecular weight excluding hydrogens is 325 g/mol. The Balaban J connectivity index is 2.38. The molecular formula is C14H15BrFN3O. The van der Waals surface area contributed by atoms with Crippen LogP contribution in [0.15, 0.2) is 41.1 Å². The van der Waals surface area contributed by atoms with Gasteiger partial charge in [-0.05, 0) is 42.3 Å². The third kappa shape index (κ3) is 3.53. The zero-order valence-electron chi connectivity index (χ0n) is 10.9. The van der Waals surface area contributed by atoms with Crippen molar-refractivity contribution in [1.29, 1.82) is 0 Å². The van der Waals surface area contributed by atoms with Gasteiger partial charge in [-0.15, -0.1) is 0 Å². The van der Waals surface area contributed by atoms with Crippen LogP contribution in [0.25, 0.3) is 0 Å². The number of pyridine rings is 1. The fourth-order valence-electron chi connectivity index (χ4n) is 1.97. The lowest BCUT2D eigenvalue weighted by molar-refractivity contribution is 0.338. The molecule has 0 aliphatic rings. The van der Waals surface area contributed by atoms with Crippen molar-refractivity contribution in [3.05, 3.63) is 58.1 Å². The molecule has 0 fully saturated rings. The second-order valence-corrected chi connectivity index (χ2v) is 5.11. The van der Waals surface area contributed by atoms with E-state index in [1.807, 2.05) is 13.0 Å². The Hall–Kier alpha value is -1.50. The minimum absolute atomic E-state index is 0.330. The highest BCUT2D eigenvalue weighted by Gasteiger charge is 2.15. The van der Waals surface area contributed by atoms with E-state index in [-0.39, 0.29) is 11.9 Å². The Morgan fingerprint density at radius 3 is 2.75 bits per heavy atom. The molecule has 0 saturated heterocycles. The van der Waals surface area contributed by atoms with E-state index in [0.29, 0.717) is 22.4 Å². The van der Waals surface area contributed by atoms with Gasteiger partial charge in [0, 0.05) is 10.7 Å². The minimum atomic E-state index is -0.366. The fourth-order valence-corrected chi connectivity index (χ4v) is 2.45. The monoisotopic (exact) mass is 339 g/mol. The molecule has 0 amide bonds. The van der Waals surface area contributed by atoms with Crippen LogP contribution in [-0.4, -0.2) is 11.6 Å². The molecule has 20 heavy (non-hydrogen) atoms. The topological polar surface area (TPSA) is 60.2 Å². The second kappa shape index (κ2) is 6.78. The lowest BCUT2D eigenvalue weighted by Crippen LogP contribution is -2.29. The van der Waals surface area contributed by atoms with Crippen molar-refractivity contribution in [2.45, 2.75) is 13.0 Å². The first-order valence-corrected chi connectivity index (χ1v) is 6.93. The predicted molar refractivity (Wildman–Crippen MR) is 78.7 cm³/mol. The normalized spacial score (nSPS) is 12.2. The number of benzene rings is 1. The van der Waals surface area contributed by atoms with Crippen molar-refractivity contribution in [2.24, 2.45) is 5.84 Å². The first-order chi connectivity index (χ1) is 9.63. The minimum Gasteiger partial charge on any atom is -0.492 e. The lowest BCUT2D eigenvalue weighted by atomic mass is 10.0. The fraction of sp³-hybridized carbons (Fsp3) is 0.214. The molecule has 0 spiro atoms. The highest BCUT2D eigenvalue weighted by atomic mass is 79.9. The zero-order chi connectivity index (χ0) is 14.5. The van der Waals surface area contributed by atoms with Gasteiger partial charge in [-0.25, -0.2) is 9.82 Å². The number of nitrogens with two attached hydrogens (primary N) is 1. The predicted octanol–water partition coefficient (Wildman–Crippen LogP) is 2.93. The standard InChI is InChI=1S/C14H15BrFN3O/c1-2-20-13-5-10(7-18-8-13)14(19-17)9-3-11(15)6-12(16)4-9/h3-8,14,19H,2,17H2,1H3. The Morgan fingerprint density at radius 1 is 1.30 bits per heavy atom. The van der Waals surface area contributed by atoms with Gasteiger partial charge in [-0.3, -0.25) is 10.8 Å². The summed E-state index contributed by atoms with van der Waals surface area (Å²) in [6.07, 6.45) is 3.30. The highest BCUT2D eigenvalue weighted by molar-refractivity contribution is 9.10. The van der Waals surface area contributed by atoms with Gasteiger partial charge in [-0.1, -0.05) is 15.9 Å². The molecule has 6 heteroatoms. The quantitative estimate of drug-likeness (QED) is 0.649. The van der Waals surface area contributed by atoms with Gasteiger partial charge in [0.15, 0.2) is 0 Å². The van der Waals surface area contributed by atoms with Gasteiger partial charge in [-0.2, -0.15) is 0 Å². The first-order valence-electron chi connectivity index (χ1n) is 6.14. The maximum atomic E-state index is 13.5. The molecule has 1 aromatic heterocycles. The van der Waals surface area contributed by atoms with Crippen molar-refractivity contribution in [1.82, 2.24) is 10.4 Å². The average molecular weight is 340 g/mol. The van der Waals surface area contributed by atoms with Crippen LogP contribution >= 0.6 is 15.9 Å². The van der Waals surface area contributed by atoms with Crippen LogP contribution < -0.4 is 16.0 Å². The van der Waals surface area contributed by atoms with Crippen molar-refractivity contribution in [3.63, 3.8) is 0 Å². The van der Waals surface area contributed by atoms with Crippen molar-refractivity contribution in [2.75, 3.05) is 6.61 Å². The molecule has 0 aliphatic carbocycles. The van der Waals surface area contributed by atoms with Crippen LogP contribution in [0.4, 0.5) is 4.39 Å². The molecule has 1 unspecified atom stereocenters. The number of nitrogens with zero attached hydrogens (tertiary/aromatic N) is 1. The summed E-state index contributed by atoms with van der Waals surface area (Å²) in [7, 11) is 0. The van der Waals surface area contributed by atoms with Crippen LogP contribution in [0.1, 0.15) is 24.1 Å². The van der Waals surface area contributed by atoms with E-state index in [9.17, 15) is 4.39 Å². The highest BCUT2D eigenvalue weighted by Crippen LogP contribution is 2.26. The van der Waals surface area contributed by atoms with E-state index < -0.39 is 0 Å². The average Bonchev–Trinajstić information content (AvgIpc) is 2.39. The third-order valence-electron chi connectivity index (χ3n) is 2.76. The molecule has 1 atom stereocenters. The number of nitrogens with one attached hydrogen (secondary N) is 1. The number of hydrogen-bond acceptors (Lipinski definition) is 4. The summed E-state index contributed by atoms with van der Waals surface area (Å²) >= 11 is 3.27. The molecule has 2 rings (SSSR count). The van der Waals surface area contributed by atoms with Gasteiger partial charge in [0.05, 0.1) is 18.8 Å². The Morgan fingerprint density at radius 2 is 2.10 bits per heavy atom. The molecule has 4 nitrogen and oxygen atoms in total. The number of hydrazine groups is 1. The van der Waals surface area contributed by atoms with E-state index in [4.69, 9.17) is 10.6 Å². The molecule has 0 saturated carbocycles. The number of aromatic nitrogens is 1. The van der Waals surface area contributed by atoms with Crippen LogP contribution in [0.3, 0.4) is 0 Å². The summed E-state index contributed by atoms with van der Waals surface area (Å²) in [5.74, 6) is 5.93. The van der Waals surface area contributed by atoms with Crippen LogP contribution in [0.2, 0.25) is 0 Å². The molecule has 0 radical (unpaired) electrons. The molecule has 0 bridgehead atoms. The summed E-state index contributed by atoms with van der Waals surface area (Å²) in [6, 6.07) is 6.10. The van der Waals surface area contributed by atoms with Gasteiger partial charge >= 0.3 is 0 Å². The zero-order valence-corrected chi connectivity index (χ0v) is 12.5. The Kier molecular flexibility index (Phi) is 5.05.